The van der Waals surface area contributed by atoms with E-state index in [1.54, 1.807) is 4.52 Å². The number of benzene rings is 1. The van der Waals surface area contributed by atoms with Crippen LogP contribution >= 0.6 is 11.3 Å². The summed E-state index contributed by atoms with van der Waals surface area (Å²) in [5.74, 6) is 0.753. The first kappa shape index (κ1) is 16.9. The van der Waals surface area contributed by atoms with E-state index < -0.39 is 0 Å². The van der Waals surface area contributed by atoms with Gasteiger partial charge in [-0.2, -0.15) is 4.98 Å². The van der Waals surface area contributed by atoms with E-state index in [0.29, 0.717) is 16.4 Å². The molecule has 0 aliphatic heterocycles. The number of nitrogen functional groups attached to an aromatic ring is 1. The number of hydrogen-bond donors (Lipinski definition) is 2. The van der Waals surface area contributed by atoms with Crippen LogP contribution in [0.4, 0.5) is 5.95 Å². The van der Waals surface area contributed by atoms with Gasteiger partial charge in [0.2, 0.25) is 5.95 Å². The molecule has 1 amide bonds. The van der Waals surface area contributed by atoms with Gasteiger partial charge in [-0.15, -0.1) is 16.4 Å². The van der Waals surface area contributed by atoms with Crippen LogP contribution in [0.5, 0.6) is 0 Å². The van der Waals surface area contributed by atoms with E-state index in [1.807, 2.05) is 48.0 Å². The van der Waals surface area contributed by atoms with Gasteiger partial charge in [0.05, 0.1) is 10.9 Å². The molecule has 0 bridgehead atoms. The molecule has 4 aromatic rings. The van der Waals surface area contributed by atoms with E-state index in [-0.39, 0.29) is 17.9 Å². The molecule has 1 aliphatic carbocycles. The number of fused-ring (bicyclic) bond motifs is 1. The lowest BCUT2D eigenvalue weighted by molar-refractivity contribution is 0.0936. The van der Waals surface area contributed by atoms with Crippen molar-refractivity contribution in [3.8, 4) is 11.1 Å². The molecule has 1 atom stereocenters. The Morgan fingerprint density at radius 1 is 1.18 bits per heavy atom. The molecule has 1 unspecified atom stereocenters. The number of aromatic nitrogens is 3. The van der Waals surface area contributed by atoms with E-state index >= 15 is 0 Å². The first-order chi connectivity index (χ1) is 13.7. The Bertz CT molecular complexity index is 1150. The van der Waals surface area contributed by atoms with Crippen LogP contribution in [-0.2, 0) is 0 Å². The number of amides is 1. The fourth-order valence-corrected chi connectivity index (χ4v) is 4.27. The standard InChI is InChI=1S/C21H19N5OS/c22-21-23-18-9-8-15(11-26(18)25-21)16-10-17(28-12-16)20(27)24-19(14-6-7-14)13-4-2-1-3-5-13/h1-5,8-12,14,19H,6-7H2,(H2,22,25)(H,24,27). The molecule has 3 N–H and O–H groups in total. The molecule has 1 saturated carbocycles. The number of rotatable bonds is 5. The van der Waals surface area contributed by atoms with Crippen molar-refractivity contribution in [2.75, 3.05) is 5.73 Å². The van der Waals surface area contributed by atoms with Gasteiger partial charge in [0, 0.05) is 11.8 Å². The normalized spacial score (nSPS) is 14.9. The van der Waals surface area contributed by atoms with Crippen molar-refractivity contribution < 1.29 is 4.79 Å². The number of pyridine rings is 1. The van der Waals surface area contributed by atoms with Crippen molar-refractivity contribution in [2.45, 2.75) is 18.9 Å². The lowest BCUT2D eigenvalue weighted by Crippen LogP contribution is -2.29. The molecular formula is C21H19N5OS. The molecule has 0 radical (unpaired) electrons. The Morgan fingerprint density at radius 2 is 2.00 bits per heavy atom. The minimum absolute atomic E-state index is 0.0249. The second kappa shape index (κ2) is 6.76. The van der Waals surface area contributed by atoms with Gasteiger partial charge in [0.25, 0.3) is 5.91 Å². The number of anilines is 1. The smallest absolute Gasteiger partial charge is 0.261 e. The number of carbonyl (C=O) groups is 1. The highest BCUT2D eigenvalue weighted by atomic mass is 32.1. The minimum atomic E-state index is -0.0249. The Labute approximate surface area is 166 Å². The van der Waals surface area contributed by atoms with Crippen molar-refractivity contribution >= 4 is 28.8 Å². The highest BCUT2D eigenvalue weighted by Gasteiger charge is 2.33. The van der Waals surface area contributed by atoms with E-state index in [2.05, 4.69) is 27.5 Å². The molecule has 5 rings (SSSR count). The Balaban J connectivity index is 1.38. The molecule has 1 aliphatic rings. The van der Waals surface area contributed by atoms with Gasteiger partial charge in [0.15, 0.2) is 5.65 Å². The molecule has 1 aromatic carbocycles. The summed E-state index contributed by atoms with van der Waals surface area (Å²) in [6.45, 7) is 0. The second-order valence-electron chi connectivity index (χ2n) is 7.09. The third-order valence-electron chi connectivity index (χ3n) is 5.04. The number of thiophene rings is 1. The third kappa shape index (κ3) is 3.25. The van der Waals surface area contributed by atoms with E-state index in [1.165, 1.54) is 16.9 Å². The summed E-state index contributed by atoms with van der Waals surface area (Å²) in [6, 6.07) is 16.0. The molecule has 1 fully saturated rings. The highest BCUT2D eigenvalue weighted by molar-refractivity contribution is 7.12. The predicted molar refractivity (Wildman–Crippen MR) is 110 cm³/mol. The van der Waals surface area contributed by atoms with E-state index in [0.717, 1.165) is 24.0 Å². The number of nitrogens with zero attached hydrogens (tertiary/aromatic N) is 3. The number of hydrogen-bond acceptors (Lipinski definition) is 5. The minimum Gasteiger partial charge on any atom is -0.366 e. The van der Waals surface area contributed by atoms with E-state index in [4.69, 9.17) is 5.73 Å². The molecule has 6 nitrogen and oxygen atoms in total. The topological polar surface area (TPSA) is 85.3 Å². The summed E-state index contributed by atoms with van der Waals surface area (Å²) in [5, 5.41) is 9.38. The van der Waals surface area contributed by atoms with Crippen molar-refractivity contribution in [3.05, 3.63) is 70.5 Å². The molecule has 3 heterocycles. The lowest BCUT2D eigenvalue weighted by atomic mass is 10.0. The van der Waals surface area contributed by atoms with Crippen LogP contribution in [0.1, 0.15) is 34.1 Å². The summed E-state index contributed by atoms with van der Waals surface area (Å²) < 4.78 is 1.65. The number of nitrogens with two attached hydrogens (primary N) is 1. The Morgan fingerprint density at radius 3 is 2.79 bits per heavy atom. The zero-order valence-electron chi connectivity index (χ0n) is 15.1. The van der Waals surface area contributed by atoms with Crippen molar-refractivity contribution in [1.82, 2.24) is 19.9 Å². The fourth-order valence-electron chi connectivity index (χ4n) is 3.45. The summed E-state index contributed by atoms with van der Waals surface area (Å²) in [4.78, 5) is 17.7. The number of carbonyl (C=O) groups excluding carboxylic acids is 1. The van der Waals surface area contributed by atoms with Gasteiger partial charge < -0.3 is 11.1 Å². The van der Waals surface area contributed by atoms with Crippen LogP contribution in [0, 0.1) is 5.92 Å². The largest absolute Gasteiger partial charge is 0.366 e. The molecule has 0 saturated heterocycles. The maximum Gasteiger partial charge on any atom is 0.261 e. The highest BCUT2D eigenvalue weighted by Crippen LogP contribution is 2.41. The van der Waals surface area contributed by atoms with Gasteiger partial charge in [-0.05, 0) is 53.5 Å². The zero-order chi connectivity index (χ0) is 19.1. The summed E-state index contributed by atoms with van der Waals surface area (Å²) in [6.07, 6.45) is 4.20. The fraction of sp³-hybridized carbons (Fsp3) is 0.190. The van der Waals surface area contributed by atoms with Crippen LogP contribution in [0.2, 0.25) is 0 Å². The lowest BCUT2D eigenvalue weighted by Gasteiger charge is -2.18. The monoisotopic (exact) mass is 389 g/mol. The van der Waals surface area contributed by atoms with Crippen molar-refractivity contribution in [3.63, 3.8) is 0 Å². The van der Waals surface area contributed by atoms with Gasteiger partial charge in [-0.3, -0.25) is 4.79 Å². The van der Waals surface area contributed by atoms with Crippen LogP contribution in [-0.4, -0.2) is 20.5 Å². The summed E-state index contributed by atoms with van der Waals surface area (Å²) >= 11 is 1.45. The summed E-state index contributed by atoms with van der Waals surface area (Å²) in [5.41, 5.74) is 9.47. The zero-order valence-corrected chi connectivity index (χ0v) is 15.9. The van der Waals surface area contributed by atoms with Crippen LogP contribution < -0.4 is 11.1 Å². The SMILES string of the molecule is Nc1nc2ccc(-c3csc(C(=O)NC(c4ccccc4)C4CC4)c3)cn2n1. The quantitative estimate of drug-likeness (QED) is 0.542. The third-order valence-corrected chi connectivity index (χ3v) is 5.97. The van der Waals surface area contributed by atoms with Gasteiger partial charge in [-0.1, -0.05) is 30.3 Å². The van der Waals surface area contributed by atoms with Crippen LogP contribution in [0.25, 0.3) is 16.8 Å². The maximum absolute atomic E-state index is 12.9. The molecule has 7 heteroatoms. The van der Waals surface area contributed by atoms with Crippen LogP contribution in [0.3, 0.4) is 0 Å². The molecule has 140 valence electrons. The van der Waals surface area contributed by atoms with Crippen LogP contribution in [0.15, 0.2) is 60.1 Å². The van der Waals surface area contributed by atoms with Gasteiger partial charge in [0.1, 0.15) is 0 Å². The van der Waals surface area contributed by atoms with E-state index in [9.17, 15) is 4.79 Å². The Kier molecular flexibility index (Phi) is 4.09. The molecule has 0 spiro atoms. The average molecular weight is 389 g/mol. The predicted octanol–water partition coefficient (Wildman–Crippen LogP) is 3.92. The second-order valence-corrected chi connectivity index (χ2v) is 8.00. The first-order valence-electron chi connectivity index (χ1n) is 9.24. The van der Waals surface area contributed by atoms with Crippen molar-refractivity contribution in [1.29, 1.82) is 0 Å². The van der Waals surface area contributed by atoms with Gasteiger partial charge >= 0.3 is 0 Å². The van der Waals surface area contributed by atoms with Gasteiger partial charge in [-0.25, -0.2) is 4.52 Å². The molecule has 28 heavy (non-hydrogen) atoms. The van der Waals surface area contributed by atoms with Crippen molar-refractivity contribution in [2.24, 2.45) is 5.92 Å². The Hall–Kier alpha value is -3.19. The number of nitrogens with one attached hydrogen (secondary N) is 1. The molecule has 3 aromatic heterocycles. The first-order valence-corrected chi connectivity index (χ1v) is 10.1. The molecular weight excluding hydrogens is 370 g/mol. The summed E-state index contributed by atoms with van der Waals surface area (Å²) in [7, 11) is 0. The maximum atomic E-state index is 12.9. The average Bonchev–Trinajstić information content (AvgIpc) is 3.29.